The maximum absolute atomic E-state index is 12.1. The van der Waals surface area contributed by atoms with Crippen molar-refractivity contribution in [3.05, 3.63) is 29.8 Å². The molecule has 0 saturated carbocycles. The van der Waals surface area contributed by atoms with Gasteiger partial charge < -0.3 is 5.32 Å². The SMILES string of the molecule is CCCN1C(=O)CC(Nc2ccc(CC#N)cc2)C1=O. The van der Waals surface area contributed by atoms with Gasteiger partial charge in [0.15, 0.2) is 0 Å². The Morgan fingerprint density at radius 1 is 1.35 bits per heavy atom. The minimum absolute atomic E-state index is 0.115. The minimum atomic E-state index is -0.476. The van der Waals surface area contributed by atoms with E-state index >= 15 is 0 Å². The van der Waals surface area contributed by atoms with Gasteiger partial charge in [-0.2, -0.15) is 5.26 Å². The quantitative estimate of drug-likeness (QED) is 0.827. The highest BCUT2D eigenvalue weighted by molar-refractivity contribution is 6.06. The molecule has 0 aromatic heterocycles. The van der Waals surface area contributed by atoms with Crippen LogP contribution in [0.1, 0.15) is 25.3 Å². The Labute approximate surface area is 118 Å². The summed E-state index contributed by atoms with van der Waals surface area (Å²) in [5.74, 6) is -0.270. The summed E-state index contributed by atoms with van der Waals surface area (Å²) >= 11 is 0. The van der Waals surface area contributed by atoms with Crippen LogP contribution in [0.4, 0.5) is 5.69 Å². The van der Waals surface area contributed by atoms with Gasteiger partial charge in [-0.15, -0.1) is 0 Å². The summed E-state index contributed by atoms with van der Waals surface area (Å²) in [7, 11) is 0. The Hall–Kier alpha value is -2.35. The molecule has 20 heavy (non-hydrogen) atoms. The molecule has 1 aliphatic heterocycles. The standard InChI is InChI=1S/C15H17N3O2/c1-2-9-18-14(19)10-13(15(18)20)17-12-5-3-11(4-6-12)7-8-16/h3-6,13,17H,2,7,9-10H2,1H3. The van der Waals surface area contributed by atoms with Crippen LogP contribution in [0.5, 0.6) is 0 Å². The number of likely N-dealkylation sites (tertiary alicyclic amines) is 1. The number of anilines is 1. The summed E-state index contributed by atoms with van der Waals surface area (Å²) in [4.78, 5) is 25.1. The van der Waals surface area contributed by atoms with E-state index in [0.717, 1.165) is 17.7 Å². The zero-order valence-corrected chi connectivity index (χ0v) is 11.4. The van der Waals surface area contributed by atoms with Crippen molar-refractivity contribution >= 4 is 17.5 Å². The molecular weight excluding hydrogens is 254 g/mol. The number of benzene rings is 1. The van der Waals surface area contributed by atoms with Crippen LogP contribution in [-0.4, -0.2) is 29.3 Å². The number of imide groups is 1. The second-order valence-electron chi connectivity index (χ2n) is 4.82. The first-order valence-corrected chi connectivity index (χ1v) is 6.72. The first-order valence-electron chi connectivity index (χ1n) is 6.72. The molecule has 1 aromatic carbocycles. The molecule has 0 bridgehead atoms. The van der Waals surface area contributed by atoms with E-state index in [1.54, 1.807) is 0 Å². The van der Waals surface area contributed by atoms with Crippen LogP contribution >= 0.6 is 0 Å². The Morgan fingerprint density at radius 3 is 2.65 bits per heavy atom. The first-order chi connectivity index (χ1) is 9.65. The Morgan fingerprint density at radius 2 is 2.05 bits per heavy atom. The Balaban J connectivity index is 2.02. The summed E-state index contributed by atoms with van der Waals surface area (Å²) in [6, 6.07) is 8.95. The molecule has 1 saturated heterocycles. The molecule has 0 spiro atoms. The summed E-state index contributed by atoms with van der Waals surface area (Å²) in [5, 5.41) is 11.7. The fourth-order valence-corrected chi connectivity index (χ4v) is 2.27. The molecule has 0 radical (unpaired) electrons. The van der Waals surface area contributed by atoms with Gasteiger partial charge in [0.2, 0.25) is 5.91 Å². The van der Waals surface area contributed by atoms with Crippen molar-refractivity contribution in [2.75, 3.05) is 11.9 Å². The van der Waals surface area contributed by atoms with Crippen LogP contribution in [0, 0.1) is 11.3 Å². The largest absolute Gasteiger partial charge is 0.373 e. The molecule has 2 amide bonds. The molecular formula is C15H17N3O2. The lowest BCUT2D eigenvalue weighted by molar-refractivity contribution is -0.138. The summed E-state index contributed by atoms with van der Waals surface area (Å²) < 4.78 is 0. The van der Waals surface area contributed by atoms with E-state index in [0.29, 0.717) is 13.0 Å². The summed E-state index contributed by atoms with van der Waals surface area (Å²) in [6.45, 7) is 2.42. The topological polar surface area (TPSA) is 73.2 Å². The molecule has 104 valence electrons. The van der Waals surface area contributed by atoms with Crippen molar-refractivity contribution < 1.29 is 9.59 Å². The van der Waals surface area contributed by atoms with Gasteiger partial charge >= 0.3 is 0 Å². The monoisotopic (exact) mass is 271 g/mol. The molecule has 1 aliphatic rings. The molecule has 1 N–H and O–H groups in total. The highest BCUT2D eigenvalue weighted by atomic mass is 16.2. The summed E-state index contributed by atoms with van der Waals surface area (Å²) in [6.07, 6.45) is 1.34. The smallest absolute Gasteiger partial charge is 0.252 e. The minimum Gasteiger partial charge on any atom is -0.373 e. The lowest BCUT2D eigenvalue weighted by atomic mass is 10.1. The molecule has 0 aliphatic carbocycles. The van der Waals surface area contributed by atoms with Gasteiger partial charge in [0.1, 0.15) is 6.04 Å². The Kier molecular flexibility index (Phi) is 4.36. The van der Waals surface area contributed by atoms with E-state index in [9.17, 15) is 9.59 Å². The van der Waals surface area contributed by atoms with Crippen molar-refractivity contribution in [3.8, 4) is 6.07 Å². The Bertz CT molecular complexity index is 545. The second-order valence-corrected chi connectivity index (χ2v) is 4.82. The van der Waals surface area contributed by atoms with Crippen molar-refractivity contribution in [2.45, 2.75) is 32.2 Å². The van der Waals surface area contributed by atoms with Crippen LogP contribution in [0.3, 0.4) is 0 Å². The number of hydrogen-bond acceptors (Lipinski definition) is 4. The van der Waals surface area contributed by atoms with E-state index in [1.807, 2.05) is 31.2 Å². The molecule has 5 nitrogen and oxygen atoms in total. The lowest BCUT2D eigenvalue weighted by Gasteiger charge is -2.15. The van der Waals surface area contributed by atoms with Crippen molar-refractivity contribution in [1.82, 2.24) is 4.90 Å². The normalized spacial score (nSPS) is 18.2. The molecule has 1 aromatic rings. The first kappa shape index (κ1) is 14.1. The van der Waals surface area contributed by atoms with E-state index in [1.165, 1.54) is 4.90 Å². The van der Waals surface area contributed by atoms with Gasteiger partial charge in [-0.1, -0.05) is 19.1 Å². The zero-order valence-electron chi connectivity index (χ0n) is 11.4. The number of amides is 2. The van der Waals surface area contributed by atoms with Gasteiger partial charge in [0.05, 0.1) is 18.9 Å². The fraction of sp³-hybridized carbons (Fsp3) is 0.400. The van der Waals surface area contributed by atoms with Crippen molar-refractivity contribution in [2.24, 2.45) is 0 Å². The van der Waals surface area contributed by atoms with Crippen LogP contribution in [0.15, 0.2) is 24.3 Å². The number of hydrogen-bond donors (Lipinski definition) is 1. The molecule has 1 atom stereocenters. The highest BCUT2D eigenvalue weighted by Crippen LogP contribution is 2.19. The second kappa shape index (κ2) is 6.20. The zero-order chi connectivity index (χ0) is 14.5. The molecule has 1 fully saturated rings. The number of carbonyl (C=O) groups is 2. The fourth-order valence-electron chi connectivity index (χ4n) is 2.27. The van der Waals surface area contributed by atoms with E-state index in [-0.39, 0.29) is 18.2 Å². The molecule has 5 heteroatoms. The van der Waals surface area contributed by atoms with Gasteiger partial charge in [-0.05, 0) is 24.1 Å². The third-order valence-electron chi connectivity index (χ3n) is 3.27. The maximum Gasteiger partial charge on any atom is 0.252 e. The van der Waals surface area contributed by atoms with E-state index in [2.05, 4.69) is 11.4 Å². The van der Waals surface area contributed by atoms with Crippen molar-refractivity contribution in [3.63, 3.8) is 0 Å². The van der Waals surface area contributed by atoms with Crippen LogP contribution < -0.4 is 5.32 Å². The third kappa shape index (κ3) is 2.97. The van der Waals surface area contributed by atoms with Crippen molar-refractivity contribution in [1.29, 1.82) is 5.26 Å². The summed E-state index contributed by atoms with van der Waals surface area (Å²) in [5.41, 5.74) is 1.72. The van der Waals surface area contributed by atoms with E-state index in [4.69, 9.17) is 5.26 Å². The maximum atomic E-state index is 12.1. The number of nitrogens with zero attached hydrogens (tertiary/aromatic N) is 2. The van der Waals surface area contributed by atoms with Gasteiger partial charge in [-0.3, -0.25) is 14.5 Å². The number of nitriles is 1. The molecule has 1 heterocycles. The highest BCUT2D eigenvalue weighted by Gasteiger charge is 2.37. The van der Waals surface area contributed by atoms with Gasteiger partial charge in [0, 0.05) is 12.2 Å². The van der Waals surface area contributed by atoms with Crippen LogP contribution in [0.25, 0.3) is 0 Å². The van der Waals surface area contributed by atoms with Crippen LogP contribution in [-0.2, 0) is 16.0 Å². The van der Waals surface area contributed by atoms with Gasteiger partial charge in [-0.25, -0.2) is 0 Å². The average molecular weight is 271 g/mol. The predicted molar refractivity (Wildman–Crippen MR) is 74.8 cm³/mol. The number of carbonyl (C=O) groups excluding carboxylic acids is 2. The van der Waals surface area contributed by atoms with E-state index < -0.39 is 6.04 Å². The third-order valence-corrected chi connectivity index (χ3v) is 3.27. The number of nitrogens with one attached hydrogen (secondary N) is 1. The predicted octanol–water partition coefficient (Wildman–Crippen LogP) is 1.70. The lowest BCUT2D eigenvalue weighted by Crippen LogP contribution is -2.35. The molecule has 2 rings (SSSR count). The average Bonchev–Trinajstić information content (AvgIpc) is 2.69. The van der Waals surface area contributed by atoms with Crippen LogP contribution in [0.2, 0.25) is 0 Å². The number of rotatable bonds is 5. The molecule has 1 unspecified atom stereocenters. The van der Waals surface area contributed by atoms with Gasteiger partial charge in [0.25, 0.3) is 5.91 Å².